The van der Waals surface area contributed by atoms with Crippen LogP contribution in [0.15, 0.2) is 54.9 Å². The van der Waals surface area contributed by atoms with Crippen LogP contribution >= 0.6 is 0 Å². The fourth-order valence-corrected chi connectivity index (χ4v) is 3.00. The van der Waals surface area contributed by atoms with Gasteiger partial charge in [0.25, 0.3) is 5.91 Å². The van der Waals surface area contributed by atoms with E-state index in [0.29, 0.717) is 12.5 Å². The van der Waals surface area contributed by atoms with Crippen molar-refractivity contribution in [3.63, 3.8) is 0 Å². The van der Waals surface area contributed by atoms with Gasteiger partial charge in [0.05, 0.1) is 17.4 Å². The second-order valence-corrected chi connectivity index (χ2v) is 7.06. The first kappa shape index (κ1) is 19.0. The molecule has 0 spiro atoms. The molecule has 5 heteroatoms. The highest BCUT2D eigenvalue weighted by Crippen LogP contribution is 2.21. The van der Waals surface area contributed by atoms with Gasteiger partial charge in [0.15, 0.2) is 6.10 Å². The Hall–Kier alpha value is -2.82. The Kier molecular flexibility index (Phi) is 6.12. The first-order chi connectivity index (χ1) is 13.0. The van der Waals surface area contributed by atoms with Crippen LogP contribution in [0, 0.1) is 0 Å². The Bertz CT molecular complexity index is 901. The van der Waals surface area contributed by atoms with E-state index in [1.54, 1.807) is 6.92 Å². The number of imidazole rings is 1. The molecular formula is C22H27N3O2. The van der Waals surface area contributed by atoms with Crippen molar-refractivity contribution in [1.82, 2.24) is 14.9 Å². The van der Waals surface area contributed by atoms with Gasteiger partial charge in [-0.25, -0.2) is 4.98 Å². The number of aromatic nitrogens is 2. The standard InChI is InChI=1S/C22H27N3O2/c1-16(2)18-8-6-9-19(14-18)27-17(3)22(26)23-12-7-13-25-15-24-20-10-4-5-11-21(20)25/h4-6,8-11,14-17H,7,12-13H2,1-3H3,(H,23,26). The molecule has 0 aliphatic carbocycles. The van der Waals surface area contributed by atoms with Crippen molar-refractivity contribution in [3.8, 4) is 5.75 Å². The van der Waals surface area contributed by atoms with E-state index in [1.807, 2.05) is 42.7 Å². The van der Waals surface area contributed by atoms with Crippen LogP contribution in [0.3, 0.4) is 0 Å². The van der Waals surface area contributed by atoms with Gasteiger partial charge in [0.2, 0.25) is 0 Å². The van der Waals surface area contributed by atoms with Gasteiger partial charge in [-0.3, -0.25) is 4.79 Å². The fraction of sp³-hybridized carbons (Fsp3) is 0.364. The number of benzene rings is 2. The molecule has 0 aliphatic heterocycles. The first-order valence-electron chi connectivity index (χ1n) is 9.49. The highest BCUT2D eigenvalue weighted by atomic mass is 16.5. The number of carbonyl (C=O) groups excluding carboxylic acids is 1. The SMILES string of the molecule is CC(Oc1cccc(C(C)C)c1)C(=O)NCCCn1cnc2ccccc21. The van der Waals surface area contributed by atoms with Crippen LogP contribution < -0.4 is 10.1 Å². The van der Waals surface area contributed by atoms with Crippen LogP contribution in [0.5, 0.6) is 5.75 Å². The van der Waals surface area contributed by atoms with Crippen molar-refractivity contribution in [1.29, 1.82) is 0 Å². The quantitative estimate of drug-likeness (QED) is 0.611. The number of amides is 1. The van der Waals surface area contributed by atoms with Crippen molar-refractivity contribution in [2.24, 2.45) is 0 Å². The van der Waals surface area contributed by atoms with Crippen LogP contribution in [0.1, 0.15) is 38.7 Å². The van der Waals surface area contributed by atoms with Crippen molar-refractivity contribution in [2.45, 2.75) is 45.8 Å². The van der Waals surface area contributed by atoms with Crippen molar-refractivity contribution >= 4 is 16.9 Å². The van der Waals surface area contributed by atoms with E-state index in [9.17, 15) is 4.79 Å². The molecule has 0 fully saturated rings. The minimum absolute atomic E-state index is 0.0968. The molecule has 1 aromatic heterocycles. The van der Waals surface area contributed by atoms with Crippen LogP contribution in [-0.4, -0.2) is 28.1 Å². The van der Waals surface area contributed by atoms with Crippen molar-refractivity contribution in [2.75, 3.05) is 6.54 Å². The summed E-state index contributed by atoms with van der Waals surface area (Å²) in [6.45, 7) is 7.47. The van der Waals surface area contributed by atoms with E-state index < -0.39 is 6.10 Å². The van der Waals surface area contributed by atoms with Gasteiger partial charge in [-0.15, -0.1) is 0 Å². The van der Waals surface area contributed by atoms with Gasteiger partial charge >= 0.3 is 0 Å². The minimum Gasteiger partial charge on any atom is -0.481 e. The lowest BCUT2D eigenvalue weighted by molar-refractivity contribution is -0.127. The van der Waals surface area contributed by atoms with E-state index in [2.05, 4.69) is 40.8 Å². The topological polar surface area (TPSA) is 56.1 Å². The van der Waals surface area contributed by atoms with Crippen LogP contribution in [0.4, 0.5) is 0 Å². The second kappa shape index (κ2) is 8.71. The average molecular weight is 365 g/mol. The van der Waals surface area contributed by atoms with E-state index in [0.717, 1.165) is 29.7 Å². The molecule has 0 radical (unpaired) electrons. The predicted molar refractivity (Wildman–Crippen MR) is 108 cm³/mol. The lowest BCUT2D eigenvalue weighted by atomic mass is 10.0. The molecule has 5 nitrogen and oxygen atoms in total. The minimum atomic E-state index is -0.526. The summed E-state index contributed by atoms with van der Waals surface area (Å²) in [5.41, 5.74) is 3.31. The van der Waals surface area contributed by atoms with Gasteiger partial charge in [-0.2, -0.15) is 0 Å². The molecule has 1 unspecified atom stereocenters. The molecule has 0 saturated carbocycles. The van der Waals surface area contributed by atoms with E-state index in [4.69, 9.17) is 4.74 Å². The molecule has 0 saturated heterocycles. The normalized spacial score (nSPS) is 12.3. The maximum Gasteiger partial charge on any atom is 0.260 e. The summed E-state index contributed by atoms with van der Waals surface area (Å²) in [6.07, 6.45) is 2.16. The first-order valence-corrected chi connectivity index (χ1v) is 9.49. The van der Waals surface area contributed by atoms with Crippen LogP contribution in [-0.2, 0) is 11.3 Å². The summed E-state index contributed by atoms with van der Waals surface area (Å²) in [5.74, 6) is 1.06. The van der Waals surface area contributed by atoms with Crippen molar-refractivity contribution < 1.29 is 9.53 Å². The number of rotatable bonds is 8. The molecule has 0 bridgehead atoms. The number of fused-ring (bicyclic) bond motifs is 1. The number of nitrogens with zero attached hydrogens (tertiary/aromatic N) is 2. The number of nitrogens with one attached hydrogen (secondary N) is 1. The van der Waals surface area contributed by atoms with Gasteiger partial charge in [0, 0.05) is 13.1 Å². The predicted octanol–water partition coefficient (Wildman–Crippen LogP) is 4.13. The maximum atomic E-state index is 12.3. The second-order valence-electron chi connectivity index (χ2n) is 7.06. The molecule has 1 N–H and O–H groups in total. The van der Waals surface area contributed by atoms with E-state index in [1.165, 1.54) is 5.56 Å². The van der Waals surface area contributed by atoms with Crippen LogP contribution in [0.25, 0.3) is 11.0 Å². The molecule has 1 heterocycles. The molecule has 1 amide bonds. The number of hydrogen-bond acceptors (Lipinski definition) is 3. The Labute approximate surface area is 160 Å². The lowest BCUT2D eigenvalue weighted by Crippen LogP contribution is -2.37. The molecule has 3 aromatic rings. The van der Waals surface area contributed by atoms with Gasteiger partial charge in [0.1, 0.15) is 5.75 Å². The lowest BCUT2D eigenvalue weighted by Gasteiger charge is -2.16. The third kappa shape index (κ3) is 4.88. The summed E-state index contributed by atoms with van der Waals surface area (Å²) < 4.78 is 7.91. The van der Waals surface area contributed by atoms with E-state index >= 15 is 0 Å². The number of hydrogen-bond donors (Lipinski definition) is 1. The number of ether oxygens (including phenoxy) is 1. The zero-order valence-electron chi connectivity index (χ0n) is 16.2. The summed E-state index contributed by atoms with van der Waals surface area (Å²) in [5, 5.41) is 2.95. The largest absolute Gasteiger partial charge is 0.481 e. The summed E-state index contributed by atoms with van der Waals surface area (Å²) in [7, 11) is 0. The maximum absolute atomic E-state index is 12.3. The zero-order valence-corrected chi connectivity index (χ0v) is 16.2. The number of para-hydroxylation sites is 2. The molecule has 3 rings (SSSR count). The smallest absolute Gasteiger partial charge is 0.260 e. The molecule has 27 heavy (non-hydrogen) atoms. The Balaban J connectivity index is 1.45. The van der Waals surface area contributed by atoms with Gasteiger partial charge < -0.3 is 14.6 Å². The fourth-order valence-electron chi connectivity index (χ4n) is 3.00. The molecular weight excluding hydrogens is 338 g/mol. The Morgan fingerprint density at radius 1 is 1.15 bits per heavy atom. The molecule has 0 aliphatic rings. The monoisotopic (exact) mass is 365 g/mol. The highest BCUT2D eigenvalue weighted by Gasteiger charge is 2.14. The van der Waals surface area contributed by atoms with Gasteiger partial charge in [-0.1, -0.05) is 38.1 Å². The van der Waals surface area contributed by atoms with E-state index in [-0.39, 0.29) is 5.91 Å². The third-order valence-corrected chi connectivity index (χ3v) is 4.61. The number of aryl methyl sites for hydroxylation is 1. The van der Waals surface area contributed by atoms with Crippen molar-refractivity contribution in [3.05, 3.63) is 60.4 Å². The average Bonchev–Trinajstić information content (AvgIpc) is 3.08. The summed E-state index contributed by atoms with van der Waals surface area (Å²) in [6, 6.07) is 16.0. The summed E-state index contributed by atoms with van der Waals surface area (Å²) in [4.78, 5) is 16.7. The third-order valence-electron chi connectivity index (χ3n) is 4.61. The van der Waals surface area contributed by atoms with Gasteiger partial charge in [-0.05, 0) is 49.1 Å². The molecule has 142 valence electrons. The Morgan fingerprint density at radius 3 is 2.78 bits per heavy atom. The van der Waals surface area contributed by atoms with Crippen LogP contribution in [0.2, 0.25) is 0 Å². The Morgan fingerprint density at radius 2 is 1.96 bits per heavy atom. The number of carbonyl (C=O) groups is 1. The molecule has 2 aromatic carbocycles. The molecule has 1 atom stereocenters. The highest BCUT2D eigenvalue weighted by molar-refractivity contribution is 5.80. The zero-order chi connectivity index (χ0) is 19.2. The summed E-state index contributed by atoms with van der Waals surface area (Å²) >= 11 is 0.